The van der Waals surface area contributed by atoms with E-state index in [9.17, 15) is 5.11 Å². The third-order valence-corrected chi connectivity index (χ3v) is 5.29. The van der Waals surface area contributed by atoms with Crippen molar-refractivity contribution in [1.29, 1.82) is 0 Å². The largest absolute Gasteiger partial charge is 0.382 e. The third-order valence-electron chi connectivity index (χ3n) is 4.00. The van der Waals surface area contributed by atoms with Crippen LogP contribution in [0.1, 0.15) is 5.56 Å². The molecule has 0 spiro atoms. The summed E-state index contributed by atoms with van der Waals surface area (Å²) in [6, 6.07) is 13.1. The average Bonchev–Trinajstić information content (AvgIpc) is 3.13. The van der Waals surface area contributed by atoms with Crippen LogP contribution >= 0.6 is 35.0 Å². The minimum Gasteiger partial charge on any atom is -0.382 e. The maximum absolute atomic E-state index is 11.4. The summed E-state index contributed by atoms with van der Waals surface area (Å²) in [4.78, 5) is 5.11. The summed E-state index contributed by atoms with van der Waals surface area (Å²) < 4.78 is 1.57. The Hall–Kier alpha value is -1.73. The number of rotatable bonds is 7. The highest BCUT2D eigenvalue weighted by atomic mass is 35.5. The number of anilines is 1. The van der Waals surface area contributed by atoms with Crippen LogP contribution in [0.5, 0.6) is 0 Å². The zero-order valence-corrected chi connectivity index (χ0v) is 16.4. The zero-order chi connectivity index (χ0) is 18.6. The number of hydrogen-bond acceptors (Lipinski definition) is 5. The van der Waals surface area contributed by atoms with Crippen molar-refractivity contribution in [1.82, 2.24) is 14.8 Å². The molecule has 0 saturated carbocycles. The van der Waals surface area contributed by atoms with Crippen molar-refractivity contribution in [3.8, 4) is 0 Å². The Kier molecular flexibility index (Phi) is 6.09. The normalized spacial score (nSPS) is 13.4. The van der Waals surface area contributed by atoms with E-state index < -0.39 is 5.60 Å². The quantitative estimate of drug-likeness (QED) is 0.570. The van der Waals surface area contributed by atoms with Crippen molar-refractivity contribution in [3.05, 3.63) is 70.7 Å². The molecule has 1 atom stereocenters. The molecule has 3 rings (SSSR count). The lowest BCUT2D eigenvalue weighted by atomic mass is 9.93. The Morgan fingerprint density at radius 1 is 1.19 bits per heavy atom. The highest BCUT2D eigenvalue weighted by Crippen LogP contribution is 2.32. The van der Waals surface area contributed by atoms with Crippen molar-refractivity contribution < 1.29 is 5.11 Å². The van der Waals surface area contributed by atoms with E-state index in [1.165, 1.54) is 11.2 Å². The Morgan fingerprint density at radius 3 is 2.58 bits per heavy atom. The third kappa shape index (κ3) is 4.51. The Bertz CT molecular complexity index is 858. The van der Waals surface area contributed by atoms with Crippen LogP contribution in [0.2, 0.25) is 10.0 Å². The Balaban J connectivity index is 1.86. The van der Waals surface area contributed by atoms with E-state index in [0.29, 0.717) is 15.6 Å². The zero-order valence-electron chi connectivity index (χ0n) is 14.1. The molecule has 0 aliphatic rings. The highest BCUT2D eigenvalue weighted by Gasteiger charge is 2.32. The van der Waals surface area contributed by atoms with Crippen LogP contribution < -0.4 is 5.32 Å². The summed E-state index contributed by atoms with van der Waals surface area (Å²) in [6.45, 7) is 0.442. The second kappa shape index (κ2) is 8.31. The summed E-state index contributed by atoms with van der Waals surface area (Å²) in [5, 5.41) is 19.7. The van der Waals surface area contributed by atoms with Gasteiger partial charge in [-0.1, -0.05) is 29.3 Å². The lowest BCUT2D eigenvalue weighted by molar-refractivity contribution is 0.0283. The molecule has 0 saturated heterocycles. The molecule has 3 aromatic rings. The maximum Gasteiger partial charge on any atom is 0.137 e. The summed E-state index contributed by atoms with van der Waals surface area (Å²) >= 11 is 14.0. The molecule has 2 N–H and O–H groups in total. The molecule has 1 unspecified atom stereocenters. The van der Waals surface area contributed by atoms with Crippen LogP contribution in [0.4, 0.5) is 5.69 Å². The van der Waals surface area contributed by atoms with Gasteiger partial charge in [0.25, 0.3) is 0 Å². The summed E-state index contributed by atoms with van der Waals surface area (Å²) in [5.74, 6) is 0. The van der Waals surface area contributed by atoms with Crippen molar-refractivity contribution in [2.24, 2.45) is 0 Å². The molecular weight excluding hydrogens is 391 g/mol. The number of thioether (sulfide) groups is 1. The molecule has 0 aliphatic heterocycles. The van der Waals surface area contributed by atoms with Gasteiger partial charge in [-0.2, -0.15) is 5.10 Å². The predicted molar refractivity (Wildman–Crippen MR) is 107 cm³/mol. The molecule has 1 aromatic heterocycles. The van der Waals surface area contributed by atoms with Gasteiger partial charge >= 0.3 is 0 Å². The van der Waals surface area contributed by atoms with Crippen molar-refractivity contribution in [3.63, 3.8) is 0 Å². The van der Waals surface area contributed by atoms with Gasteiger partial charge in [0.2, 0.25) is 0 Å². The van der Waals surface area contributed by atoms with Gasteiger partial charge in [0, 0.05) is 32.7 Å². The molecule has 0 bridgehead atoms. The Morgan fingerprint density at radius 2 is 1.96 bits per heavy atom. The molecule has 2 aromatic carbocycles. The number of nitrogens with one attached hydrogen (secondary N) is 1. The molecule has 8 heteroatoms. The fourth-order valence-electron chi connectivity index (χ4n) is 2.64. The van der Waals surface area contributed by atoms with Gasteiger partial charge in [0.05, 0.1) is 6.54 Å². The number of aromatic nitrogens is 3. The monoisotopic (exact) mass is 408 g/mol. The van der Waals surface area contributed by atoms with Gasteiger partial charge in [-0.3, -0.25) is 0 Å². The average molecular weight is 409 g/mol. The first-order valence-corrected chi connectivity index (χ1v) is 9.86. The standard InChI is InChI=1S/C18H18Cl2N4OS/c1-26-15-5-3-14(4-6-15)22-9-18(25,10-24-12-21-11-23-24)16-7-2-13(19)8-17(16)20/h2-8,11-12,22,25H,9-10H2,1H3. The van der Waals surface area contributed by atoms with Crippen LogP contribution in [0, 0.1) is 0 Å². The molecule has 26 heavy (non-hydrogen) atoms. The van der Waals surface area contributed by atoms with Gasteiger partial charge in [-0.25, -0.2) is 9.67 Å². The number of aliphatic hydroxyl groups is 1. The van der Waals surface area contributed by atoms with Gasteiger partial charge in [0.1, 0.15) is 18.3 Å². The van der Waals surface area contributed by atoms with E-state index in [-0.39, 0.29) is 13.1 Å². The summed E-state index contributed by atoms with van der Waals surface area (Å²) in [6.07, 6.45) is 5.02. The van der Waals surface area contributed by atoms with Crippen molar-refractivity contribution >= 4 is 40.7 Å². The predicted octanol–water partition coefficient (Wildman–Crippen LogP) is 4.31. The van der Waals surface area contributed by atoms with E-state index in [1.807, 2.05) is 30.5 Å². The van der Waals surface area contributed by atoms with Gasteiger partial charge < -0.3 is 10.4 Å². The molecule has 0 amide bonds. The van der Waals surface area contributed by atoms with E-state index in [0.717, 1.165) is 5.69 Å². The maximum atomic E-state index is 11.4. The molecular formula is C18H18Cl2N4OS. The smallest absolute Gasteiger partial charge is 0.137 e. The molecule has 0 fully saturated rings. The van der Waals surface area contributed by atoms with Gasteiger partial charge in [-0.05, 0) is 42.7 Å². The fraction of sp³-hybridized carbons (Fsp3) is 0.222. The van der Waals surface area contributed by atoms with Crippen LogP contribution in [-0.2, 0) is 12.1 Å². The molecule has 5 nitrogen and oxygen atoms in total. The minimum absolute atomic E-state index is 0.199. The van der Waals surface area contributed by atoms with Crippen LogP contribution in [0.25, 0.3) is 0 Å². The summed E-state index contributed by atoms with van der Waals surface area (Å²) in [7, 11) is 0. The van der Waals surface area contributed by atoms with Crippen LogP contribution in [0.15, 0.2) is 60.0 Å². The molecule has 1 heterocycles. The van der Waals surface area contributed by atoms with Gasteiger partial charge in [0.15, 0.2) is 0 Å². The molecule has 136 valence electrons. The van der Waals surface area contributed by atoms with Crippen molar-refractivity contribution in [2.75, 3.05) is 18.1 Å². The van der Waals surface area contributed by atoms with Crippen LogP contribution in [0.3, 0.4) is 0 Å². The van der Waals surface area contributed by atoms with Gasteiger partial charge in [-0.15, -0.1) is 11.8 Å². The second-order valence-electron chi connectivity index (χ2n) is 5.83. The number of nitrogens with zero attached hydrogens (tertiary/aromatic N) is 3. The van der Waals surface area contributed by atoms with E-state index in [1.54, 1.807) is 41.0 Å². The van der Waals surface area contributed by atoms with E-state index >= 15 is 0 Å². The lowest BCUT2D eigenvalue weighted by Gasteiger charge is -2.30. The SMILES string of the molecule is CSc1ccc(NCC(O)(Cn2cncn2)c2ccc(Cl)cc2Cl)cc1. The van der Waals surface area contributed by atoms with E-state index in [4.69, 9.17) is 23.2 Å². The van der Waals surface area contributed by atoms with Crippen LogP contribution in [-0.4, -0.2) is 32.7 Å². The molecule has 0 radical (unpaired) electrons. The Labute approximate surface area is 166 Å². The first-order valence-electron chi connectivity index (χ1n) is 7.88. The first kappa shape index (κ1) is 19.0. The van der Waals surface area contributed by atoms with Crippen molar-refractivity contribution in [2.45, 2.75) is 17.0 Å². The topological polar surface area (TPSA) is 63.0 Å². The fourth-order valence-corrected chi connectivity index (χ4v) is 3.64. The summed E-state index contributed by atoms with van der Waals surface area (Å²) in [5.41, 5.74) is 0.185. The number of halogens is 2. The number of benzene rings is 2. The second-order valence-corrected chi connectivity index (χ2v) is 7.55. The minimum atomic E-state index is -1.30. The first-order chi connectivity index (χ1) is 12.5. The number of hydrogen-bond donors (Lipinski definition) is 2. The van der Waals surface area contributed by atoms with E-state index in [2.05, 4.69) is 15.4 Å². The lowest BCUT2D eigenvalue weighted by Crippen LogP contribution is -2.39. The highest BCUT2D eigenvalue weighted by molar-refractivity contribution is 7.98. The molecule has 0 aliphatic carbocycles.